The van der Waals surface area contributed by atoms with Gasteiger partial charge >= 0.3 is 0 Å². The standard InChI is InChI=1S/C10H9BrFN5O/c1-5(9-14-16-17-15-9)13-10(18)8-6(11)3-2-4-7(8)12/h2-5H,1H3,(H,13,18)(H,14,15,16,17). The monoisotopic (exact) mass is 313 g/mol. The first kappa shape index (κ1) is 12.6. The number of hydrogen-bond acceptors (Lipinski definition) is 4. The minimum absolute atomic E-state index is 0.0483. The molecule has 1 aromatic carbocycles. The predicted octanol–water partition coefficient (Wildman–Crippen LogP) is 1.59. The third-order valence-electron chi connectivity index (χ3n) is 2.29. The van der Waals surface area contributed by atoms with Crippen LogP contribution in [-0.4, -0.2) is 26.5 Å². The van der Waals surface area contributed by atoms with E-state index in [1.165, 1.54) is 12.1 Å². The van der Waals surface area contributed by atoms with Gasteiger partial charge in [-0.3, -0.25) is 4.79 Å². The van der Waals surface area contributed by atoms with E-state index in [0.29, 0.717) is 10.3 Å². The van der Waals surface area contributed by atoms with Gasteiger partial charge < -0.3 is 5.32 Å². The fourth-order valence-corrected chi connectivity index (χ4v) is 1.92. The molecule has 8 heteroatoms. The molecular weight excluding hydrogens is 305 g/mol. The van der Waals surface area contributed by atoms with Crippen molar-refractivity contribution < 1.29 is 9.18 Å². The summed E-state index contributed by atoms with van der Waals surface area (Å²) < 4.78 is 13.9. The number of nitrogens with one attached hydrogen (secondary N) is 2. The van der Waals surface area contributed by atoms with Crippen LogP contribution in [0.3, 0.4) is 0 Å². The molecule has 0 spiro atoms. The fourth-order valence-electron chi connectivity index (χ4n) is 1.40. The highest BCUT2D eigenvalue weighted by molar-refractivity contribution is 9.10. The Morgan fingerprint density at radius 2 is 2.33 bits per heavy atom. The van der Waals surface area contributed by atoms with E-state index in [2.05, 4.69) is 41.9 Å². The van der Waals surface area contributed by atoms with Crippen LogP contribution in [0.1, 0.15) is 29.1 Å². The van der Waals surface area contributed by atoms with Crippen molar-refractivity contribution in [3.05, 3.63) is 39.9 Å². The number of rotatable bonds is 3. The maximum absolute atomic E-state index is 13.6. The summed E-state index contributed by atoms with van der Waals surface area (Å²) in [6, 6.07) is 3.86. The number of aromatic nitrogens is 4. The van der Waals surface area contributed by atoms with Crippen LogP contribution < -0.4 is 5.32 Å². The average Bonchev–Trinajstić information content (AvgIpc) is 2.81. The summed E-state index contributed by atoms with van der Waals surface area (Å²) in [4.78, 5) is 11.9. The molecule has 2 rings (SSSR count). The number of tetrazole rings is 1. The summed E-state index contributed by atoms with van der Waals surface area (Å²) in [5.41, 5.74) is -0.0483. The number of benzene rings is 1. The molecule has 2 N–H and O–H groups in total. The van der Waals surface area contributed by atoms with Crippen LogP contribution in [0.4, 0.5) is 4.39 Å². The van der Waals surface area contributed by atoms with Crippen LogP contribution in [0.25, 0.3) is 0 Å². The van der Waals surface area contributed by atoms with Gasteiger partial charge in [-0.15, -0.1) is 10.2 Å². The Morgan fingerprint density at radius 3 is 2.94 bits per heavy atom. The van der Waals surface area contributed by atoms with Crippen molar-refractivity contribution in [2.45, 2.75) is 13.0 Å². The van der Waals surface area contributed by atoms with E-state index < -0.39 is 17.8 Å². The van der Waals surface area contributed by atoms with Gasteiger partial charge in [-0.1, -0.05) is 11.3 Å². The topological polar surface area (TPSA) is 83.6 Å². The molecule has 0 fully saturated rings. The number of H-pyrrole nitrogens is 1. The largest absolute Gasteiger partial charge is 0.342 e. The SMILES string of the molecule is CC(NC(=O)c1c(F)cccc1Br)c1nn[nH]n1. The molecule has 1 atom stereocenters. The molecule has 1 unspecified atom stereocenters. The zero-order chi connectivity index (χ0) is 13.1. The second-order valence-corrected chi connectivity index (χ2v) is 4.42. The quantitative estimate of drug-likeness (QED) is 0.901. The number of halogens is 2. The van der Waals surface area contributed by atoms with E-state index in [1.54, 1.807) is 13.0 Å². The predicted molar refractivity (Wildman–Crippen MR) is 64.2 cm³/mol. The van der Waals surface area contributed by atoms with Gasteiger partial charge in [0.1, 0.15) is 5.82 Å². The van der Waals surface area contributed by atoms with E-state index >= 15 is 0 Å². The third kappa shape index (κ3) is 2.53. The summed E-state index contributed by atoms with van der Waals surface area (Å²) in [7, 11) is 0. The molecule has 0 aliphatic heterocycles. The lowest BCUT2D eigenvalue weighted by Gasteiger charge is -2.11. The van der Waals surface area contributed by atoms with Gasteiger partial charge in [0.25, 0.3) is 5.91 Å². The summed E-state index contributed by atoms with van der Waals surface area (Å²) in [5, 5.41) is 15.7. The van der Waals surface area contributed by atoms with Crippen molar-refractivity contribution in [2.75, 3.05) is 0 Å². The van der Waals surface area contributed by atoms with Crippen LogP contribution in [0.5, 0.6) is 0 Å². The highest BCUT2D eigenvalue weighted by atomic mass is 79.9. The van der Waals surface area contributed by atoms with Gasteiger partial charge in [0.05, 0.1) is 11.6 Å². The van der Waals surface area contributed by atoms with Crippen molar-refractivity contribution >= 4 is 21.8 Å². The smallest absolute Gasteiger partial charge is 0.255 e. The van der Waals surface area contributed by atoms with Crippen molar-refractivity contribution in [1.82, 2.24) is 25.9 Å². The molecule has 0 saturated carbocycles. The Labute approximate surface area is 110 Å². The van der Waals surface area contributed by atoms with Crippen LogP contribution in [0, 0.1) is 5.82 Å². The minimum Gasteiger partial charge on any atom is -0.342 e. The molecule has 1 heterocycles. The molecule has 2 aromatic rings. The molecule has 6 nitrogen and oxygen atoms in total. The molecule has 94 valence electrons. The van der Waals surface area contributed by atoms with Crippen molar-refractivity contribution in [3.8, 4) is 0 Å². The molecule has 18 heavy (non-hydrogen) atoms. The molecular formula is C10H9BrFN5O. The minimum atomic E-state index is -0.595. The van der Waals surface area contributed by atoms with E-state index in [0.717, 1.165) is 0 Å². The molecule has 0 saturated heterocycles. The molecule has 1 aromatic heterocycles. The van der Waals surface area contributed by atoms with Crippen LogP contribution >= 0.6 is 15.9 Å². The molecule has 0 bridgehead atoms. The summed E-state index contributed by atoms with van der Waals surface area (Å²) >= 11 is 3.14. The van der Waals surface area contributed by atoms with E-state index in [-0.39, 0.29) is 5.56 Å². The van der Waals surface area contributed by atoms with E-state index in [4.69, 9.17) is 0 Å². The number of carbonyl (C=O) groups is 1. The lowest BCUT2D eigenvalue weighted by molar-refractivity contribution is 0.0933. The molecule has 0 aliphatic rings. The molecule has 0 aliphatic carbocycles. The molecule has 0 radical (unpaired) electrons. The highest BCUT2D eigenvalue weighted by Crippen LogP contribution is 2.20. The van der Waals surface area contributed by atoms with Gasteiger partial charge in [-0.25, -0.2) is 4.39 Å². The maximum Gasteiger partial charge on any atom is 0.255 e. The van der Waals surface area contributed by atoms with Crippen LogP contribution in [-0.2, 0) is 0 Å². The van der Waals surface area contributed by atoms with Crippen LogP contribution in [0.15, 0.2) is 22.7 Å². The summed E-state index contributed by atoms with van der Waals surface area (Å²) in [6.07, 6.45) is 0. The Balaban J connectivity index is 2.18. The Hall–Kier alpha value is -1.83. The summed E-state index contributed by atoms with van der Waals surface area (Å²) in [5.74, 6) is -0.810. The van der Waals surface area contributed by atoms with E-state index in [1.807, 2.05) is 0 Å². The van der Waals surface area contributed by atoms with Crippen LogP contribution in [0.2, 0.25) is 0 Å². The maximum atomic E-state index is 13.6. The second kappa shape index (κ2) is 5.21. The Morgan fingerprint density at radius 1 is 1.56 bits per heavy atom. The van der Waals surface area contributed by atoms with Crippen molar-refractivity contribution in [3.63, 3.8) is 0 Å². The summed E-state index contributed by atoms with van der Waals surface area (Å²) in [6.45, 7) is 1.68. The lowest BCUT2D eigenvalue weighted by Crippen LogP contribution is -2.28. The van der Waals surface area contributed by atoms with Crippen molar-refractivity contribution in [2.24, 2.45) is 0 Å². The first-order valence-corrected chi connectivity index (χ1v) is 5.87. The number of carbonyl (C=O) groups excluding carboxylic acids is 1. The average molecular weight is 314 g/mol. The second-order valence-electron chi connectivity index (χ2n) is 3.56. The zero-order valence-electron chi connectivity index (χ0n) is 9.32. The highest BCUT2D eigenvalue weighted by Gasteiger charge is 2.19. The Kier molecular flexibility index (Phi) is 3.66. The number of nitrogens with zero attached hydrogens (tertiary/aromatic N) is 3. The van der Waals surface area contributed by atoms with Gasteiger partial charge in [-0.05, 0) is 35.0 Å². The first-order chi connectivity index (χ1) is 8.59. The lowest BCUT2D eigenvalue weighted by atomic mass is 10.2. The first-order valence-electron chi connectivity index (χ1n) is 5.08. The van der Waals surface area contributed by atoms with E-state index in [9.17, 15) is 9.18 Å². The van der Waals surface area contributed by atoms with Gasteiger partial charge in [-0.2, -0.15) is 5.21 Å². The van der Waals surface area contributed by atoms with Gasteiger partial charge in [0.2, 0.25) is 0 Å². The fraction of sp³-hybridized carbons (Fsp3) is 0.200. The van der Waals surface area contributed by atoms with Gasteiger partial charge in [0.15, 0.2) is 5.82 Å². The number of hydrogen-bond donors (Lipinski definition) is 2. The zero-order valence-corrected chi connectivity index (χ0v) is 10.9. The Bertz CT molecular complexity index is 539. The number of aromatic amines is 1. The van der Waals surface area contributed by atoms with Crippen molar-refractivity contribution in [1.29, 1.82) is 0 Å². The van der Waals surface area contributed by atoms with Gasteiger partial charge in [0, 0.05) is 4.47 Å². The normalized spacial score (nSPS) is 12.2. The molecule has 1 amide bonds. The third-order valence-corrected chi connectivity index (χ3v) is 2.95. The number of amides is 1.